The van der Waals surface area contributed by atoms with Gasteiger partial charge >= 0.3 is 0 Å². The van der Waals surface area contributed by atoms with E-state index < -0.39 is 0 Å². The van der Waals surface area contributed by atoms with Crippen LogP contribution >= 0.6 is 34.8 Å². The summed E-state index contributed by atoms with van der Waals surface area (Å²) < 4.78 is 5.17. The number of hydrogen-bond acceptors (Lipinski definition) is 4. The summed E-state index contributed by atoms with van der Waals surface area (Å²) in [6.07, 6.45) is 0. The van der Waals surface area contributed by atoms with Crippen molar-refractivity contribution < 1.29 is 4.74 Å². The van der Waals surface area contributed by atoms with Crippen molar-refractivity contribution in [1.29, 1.82) is 0 Å². The smallest absolute Gasteiger partial charge is 0.139 e. The molecular formula is C14H14Cl3N3O. The van der Waals surface area contributed by atoms with E-state index in [1.165, 1.54) is 7.11 Å². The molecule has 7 heteroatoms. The minimum absolute atomic E-state index is 0.166. The van der Waals surface area contributed by atoms with Crippen LogP contribution in [0.4, 0.5) is 11.5 Å². The Balaban J connectivity index is 2.38. The number of ether oxygens (including phenoxy) is 1. The molecule has 0 atom stereocenters. The van der Waals surface area contributed by atoms with Gasteiger partial charge in [0.15, 0.2) is 0 Å². The quantitative estimate of drug-likeness (QED) is 0.762. The summed E-state index contributed by atoms with van der Waals surface area (Å²) in [6.45, 7) is 3.99. The van der Waals surface area contributed by atoms with Crippen molar-refractivity contribution in [1.82, 2.24) is 9.97 Å². The highest BCUT2D eigenvalue weighted by Gasteiger charge is 2.11. The lowest BCUT2D eigenvalue weighted by Gasteiger charge is -2.12. The number of nitrogens with one attached hydrogen (secondary N) is 1. The van der Waals surface area contributed by atoms with Crippen LogP contribution in [-0.4, -0.2) is 17.1 Å². The van der Waals surface area contributed by atoms with Crippen molar-refractivity contribution in [3.63, 3.8) is 0 Å². The van der Waals surface area contributed by atoms with Gasteiger partial charge in [0.1, 0.15) is 22.5 Å². The normalized spacial score (nSPS) is 10.8. The average molecular weight is 347 g/mol. The molecule has 1 N–H and O–H groups in total. The molecule has 21 heavy (non-hydrogen) atoms. The first-order valence-corrected chi connectivity index (χ1v) is 7.38. The maximum Gasteiger partial charge on any atom is 0.139 e. The lowest BCUT2D eigenvalue weighted by molar-refractivity contribution is 0.415. The Hall–Kier alpha value is -1.23. The van der Waals surface area contributed by atoms with Crippen molar-refractivity contribution in [3.05, 3.63) is 39.2 Å². The molecule has 112 valence electrons. The second kappa shape index (κ2) is 6.69. The van der Waals surface area contributed by atoms with Crippen LogP contribution in [0.25, 0.3) is 0 Å². The highest BCUT2D eigenvalue weighted by atomic mass is 35.5. The van der Waals surface area contributed by atoms with Gasteiger partial charge < -0.3 is 10.1 Å². The molecule has 0 bridgehead atoms. The maximum absolute atomic E-state index is 6.17. The minimum atomic E-state index is 0.166. The van der Waals surface area contributed by atoms with Gasteiger partial charge in [-0.1, -0.05) is 48.7 Å². The molecule has 1 aromatic carbocycles. The van der Waals surface area contributed by atoms with E-state index in [0.29, 0.717) is 38.3 Å². The second-order valence-electron chi connectivity index (χ2n) is 4.68. The van der Waals surface area contributed by atoms with Crippen molar-refractivity contribution >= 4 is 46.3 Å². The van der Waals surface area contributed by atoms with Crippen molar-refractivity contribution in [2.45, 2.75) is 19.8 Å². The zero-order valence-electron chi connectivity index (χ0n) is 11.7. The number of rotatable bonds is 4. The summed E-state index contributed by atoms with van der Waals surface area (Å²) in [5, 5.41) is 4.37. The molecule has 0 spiro atoms. The summed E-state index contributed by atoms with van der Waals surface area (Å²) in [7, 11) is 1.54. The Morgan fingerprint density at radius 2 is 1.76 bits per heavy atom. The highest BCUT2D eigenvalue weighted by molar-refractivity contribution is 6.37. The Kier molecular flexibility index (Phi) is 5.14. The van der Waals surface area contributed by atoms with Gasteiger partial charge in [0.2, 0.25) is 0 Å². The molecule has 0 unspecified atom stereocenters. The van der Waals surface area contributed by atoms with Crippen LogP contribution in [0.15, 0.2) is 18.2 Å². The van der Waals surface area contributed by atoms with Crippen LogP contribution in [-0.2, 0) is 0 Å². The van der Waals surface area contributed by atoms with E-state index >= 15 is 0 Å². The third-order valence-corrected chi connectivity index (χ3v) is 3.53. The first-order valence-electron chi connectivity index (χ1n) is 6.25. The predicted octanol–water partition coefficient (Wildman–Crippen LogP) is 5.31. The van der Waals surface area contributed by atoms with E-state index in [2.05, 4.69) is 15.3 Å². The lowest BCUT2D eigenvalue weighted by Crippen LogP contribution is -2.02. The number of benzene rings is 1. The number of nitrogens with zero attached hydrogens (tertiary/aromatic N) is 2. The maximum atomic E-state index is 6.17. The molecule has 1 aromatic heterocycles. The molecule has 0 aliphatic carbocycles. The van der Waals surface area contributed by atoms with E-state index in [4.69, 9.17) is 39.5 Å². The summed E-state index contributed by atoms with van der Waals surface area (Å²) in [4.78, 5) is 8.59. The summed E-state index contributed by atoms with van der Waals surface area (Å²) in [5.74, 6) is 1.90. The van der Waals surface area contributed by atoms with Crippen LogP contribution in [0.3, 0.4) is 0 Å². The van der Waals surface area contributed by atoms with Crippen LogP contribution in [0.5, 0.6) is 5.75 Å². The summed E-state index contributed by atoms with van der Waals surface area (Å²) in [5.41, 5.74) is 0.627. The van der Waals surface area contributed by atoms with Gasteiger partial charge in [0.05, 0.1) is 22.8 Å². The van der Waals surface area contributed by atoms with Crippen molar-refractivity contribution in [2.24, 2.45) is 0 Å². The fourth-order valence-corrected chi connectivity index (χ4v) is 2.37. The van der Waals surface area contributed by atoms with Gasteiger partial charge in [0, 0.05) is 18.1 Å². The van der Waals surface area contributed by atoms with Crippen LogP contribution in [0.1, 0.15) is 25.6 Å². The van der Waals surface area contributed by atoms with E-state index in [1.54, 1.807) is 18.2 Å². The topological polar surface area (TPSA) is 47.0 Å². The van der Waals surface area contributed by atoms with Crippen molar-refractivity contribution in [3.8, 4) is 5.75 Å². The van der Waals surface area contributed by atoms with E-state index in [-0.39, 0.29) is 5.92 Å². The number of methoxy groups -OCH3 is 1. The van der Waals surface area contributed by atoms with Gasteiger partial charge in [-0.25, -0.2) is 9.97 Å². The highest BCUT2D eigenvalue weighted by Crippen LogP contribution is 2.35. The SMILES string of the molecule is COc1cc(Nc2cc(Cl)nc(C(C)C)n2)c(Cl)cc1Cl. The van der Waals surface area contributed by atoms with Gasteiger partial charge in [-0.05, 0) is 6.07 Å². The lowest BCUT2D eigenvalue weighted by atomic mass is 10.2. The standard InChI is InChI=1S/C14H14Cl3N3O/c1-7(2)14-19-12(17)6-13(20-14)18-10-5-11(21-3)9(16)4-8(10)15/h4-7H,1-3H3,(H,18,19,20). The molecule has 0 radical (unpaired) electrons. The first kappa shape index (κ1) is 16.1. The molecule has 4 nitrogen and oxygen atoms in total. The Morgan fingerprint density at radius 3 is 2.38 bits per heavy atom. The fourth-order valence-electron chi connectivity index (χ4n) is 1.68. The monoisotopic (exact) mass is 345 g/mol. The van der Waals surface area contributed by atoms with E-state index in [0.717, 1.165) is 0 Å². The van der Waals surface area contributed by atoms with Crippen LogP contribution < -0.4 is 10.1 Å². The van der Waals surface area contributed by atoms with E-state index in [9.17, 15) is 0 Å². The molecule has 0 saturated heterocycles. The second-order valence-corrected chi connectivity index (χ2v) is 5.88. The molecule has 2 rings (SSSR count). The van der Waals surface area contributed by atoms with Crippen LogP contribution in [0.2, 0.25) is 15.2 Å². The van der Waals surface area contributed by atoms with Gasteiger partial charge in [-0.2, -0.15) is 0 Å². The minimum Gasteiger partial charge on any atom is -0.495 e. The van der Waals surface area contributed by atoms with Crippen molar-refractivity contribution in [2.75, 3.05) is 12.4 Å². The number of hydrogen-bond donors (Lipinski definition) is 1. The number of aromatic nitrogens is 2. The van der Waals surface area contributed by atoms with Crippen LogP contribution in [0, 0.1) is 0 Å². The first-order chi connectivity index (χ1) is 9.90. The summed E-state index contributed by atoms with van der Waals surface area (Å²) in [6, 6.07) is 4.94. The van der Waals surface area contributed by atoms with Gasteiger partial charge in [0.25, 0.3) is 0 Å². The molecular weight excluding hydrogens is 333 g/mol. The van der Waals surface area contributed by atoms with Gasteiger partial charge in [-0.3, -0.25) is 0 Å². The Morgan fingerprint density at radius 1 is 1.05 bits per heavy atom. The molecule has 0 fully saturated rings. The molecule has 0 saturated carbocycles. The summed E-state index contributed by atoms with van der Waals surface area (Å²) >= 11 is 18.2. The number of anilines is 2. The molecule has 0 aliphatic heterocycles. The zero-order chi connectivity index (χ0) is 15.6. The average Bonchev–Trinajstić information content (AvgIpc) is 2.41. The molecule has 0 aliphatic rings. The fraction of sp³-hybridized carbons (Fsp3) is 0.286. The predicted molar refractivity (Wildman–Crippen MR) is 87.4 cm³/mol. The molecule has 1 heterocycles. The third kappa shape index (κ3) is 3.90. The Labute approximate surface area is 138 Å². The molecule has 2 aromatic rings. The number of halogens is 3. The van der Waals surface area contributed by atoms with E-state index in [1.807, 2.05) is 13.8 Å². The van der Waals surface area contributed by atoms with Gasteiger partial charge in [-0.15, -0.1) is 0 Å². The zero-order valence-corrected chi connectivity index (χ0v) is 14.0. The molecule has 0 amide bonds. The Bertz CT molecular complexity index is 662. The third-order valence-electron chi connectivity index (χ3n) is 2.73. The largest absolute Gasteiger partial charge is 0.495 e.